The molecule has 0 atom stereocenters. The van der Waals surface area contributed by atoms with Gasteiger partial charge in [-0.25, -0.2) is 0 Å². The zero-order chi connectivity index (χ0) is 12.6. The summed E-state index contributed by atoms with van der Waals surface area (Å²) in [5.41, 5.74) is 2.18. The predicted molar refractivity (Wildman–Crippen MR) is 74.1 cm³/mol. The van der Waals surface area contributed by atoms with Gasteiger partial charge < -0.3 is 9.52 Å². The molecule has 0 bridgehead atoms. The molecule has 0 unspecified atom stereocenters. The van der Waals surface area contributed by atoms with Crippen LogP contribution in [-0.4, -0.2) is 11.7 Å². The van der Waals surface area contributed by atoms with Crippen molar-refractivity contribution in [3.8, 4) is 11.8 Å². The van der Waals surface area contributed by atoms with Crippen molar-refractivity contribution in [2.24, 2.45) is 0 Å². The maximum atomic E-state index is 8.66. The first-order valence-corrected chi connectivity index (χ1v) is 6.83. The van der Waals surface area contributed by atoms with E-state index in [2.05, 4.69) is 24.0 Å². The highest BCUT2D eigenvalue weighted by Gasteiger charge is 1.98. The van der Waals surface area contributed by atoms with Crippen molar-refractivity contribution < 1.29 is 9.52 Å². The molecule has 0 aliphatic heterocycles. The number of rotatable bonds is 4. The van der Waals surface area contributed by atoms with Crippen LogP contribution in [0.5, 0.6) is 0 Å². The Hall–Kier alpha value is -1.63. The summed E-state index contributed by atoms with van der Waals surface area (Å²) in [5.74, 6) is 8.36. The van der Waals surface area contributed by atoms with Gasteiger partial charge in [-0.3, -0.25) is 0 Å². The van der Waals surface area contributed by atoms with Gasteiger partial charge in [0.25, 0.3) is 0 Å². The van der Waals surface area contributed by atoms with Crippen LogP contribution in [0.4, 0.5) is 0 Å². The summed E-state index contributed by atoms with van der Waals surface area (Å²) in [6.45, 7) is -0.0997. The van der Waals surface area contributed by atoms with E-state index in [-0.39, 0.29) is 6.61 Å². The van der Waals surface area contributed by atoms with Crippen molar-refractivity contribution in [1.82, 2.24) is 0 Å². The van der Waals surface area contributed by atoms with E-state index in [1.807, 2.05) is 24.3 Å². The quantitative estimate of drug-likeness (QED) is 0.856. The van der Waals surface area contributed by atoms with E-state index in [0.29, 0.717) is 0 Å². The average molecular weight is 258 g/mol. The van der Waals surface area contributed by atoms with Gasteiger partial charge >= 0.3 is 0 Å². The van der Waals surface area contributed by atoms with Gasteiger partial charge in [0.15, 0.2) is 0 Å². The van der Waals surface area contributed by atoms with Crippen LogP contribution in [0.15, 0.2) is 47.1 Å². The molecule has 2 nitrogen and oxygen atoms in total. The molecular weight excluding hydrogens is 244 g/mol. The fourth-order valence-corrected chi connectivity index (χ4v) is 2.43. The Bertz CT molecular complexity index is 535. The molecule has 1 aromatic carbocycles. The fourth-order valence-electron chi connectivity index (χ4n) is 1.54. The van der Waals surface area contributed by atoms with Crippen LogP contribution in [0.2, 0.25) is 0 Å². The lowest BCUT2D eigenvalue weighted by atomic mass is 10.1. The normalized spacial score (nSPS) is 9.83. The van der Waals surface area contributed by atoms with Crippen molar-refractivity contribution in [3.63, 3.8) is 0 Å². The third kappa shape index (κ3) is 3.99. The standard InChI is InChI=1S/C15H14O2S/c16-8-2-6-13-4-1-5-14(10-13)11-18-12-15-7-3-9-17-15/h1,3-5,7,9-10,16H,8,11-12H2. The number of hydrogen-bond donors (Lipinski definition) is 1. The lowest BCUT2D eigenvalue weighted by molar-refractivity contribution is 0.350. The molecule has 0 radical (unpaired) electrons. The van der Waals surface area contributed by atoms with E-state index in [1.54, 1.807) is 18.0 Å². The van der Waals surface area contributed by atoms with Crippen LogP contribution >= 0.6 is 11.8 Å². The third-order valence-electron chi connectivity index (χ3n) is 2.33. The topological polar surface area (TPSA) is 33.4 Å². The van der Waals surface area contributed by atoms with E-state index in [0.717, 1.165) is 22.8 Å². The van der Waals surface area contributed by atoms with Crippen LogP contribution in [0.1, 0.15) is 16.9 Å². The second kappa shape index (κ2) is 6.95. The van der Waals surface area contributed by atoms with Gasteiger partial charge in [-0.15, -0.1) is 11.8 Å². The minimum atomic E-state index is -0.0997. The summed E-state index contributed by atoms with van der Waals surface area (Å²) in [5, 5.41) is 8.66. The molecule has 92 valence electrons. The highest BCUT2D eigenvalue weighted by atomic mass is 32.2. The summed E-state index contributed by atoms with van der Waals surface area (Å²) in [4.78, 5) is 0. The maximum absolute atomic E-state index is 8.66. The molecule has 0 saturated heterocycles. The lowest BCUT2D eigenvalue weighted by Crippen LogP contribution is -1.84. The molecule has 0 fully saturated rings. The Morgan fingerprint density at radius 3 is 2.89 bits per heavy atom. The zero-order valence-corrected chi connectivity index (χ0v) is 10.7. The number of furan rings is 1. The summed E-state index contributed by atoms with van der Waals surface area (Å²) in [6.07, 6.45) is 1.70. The molecule has 1 heterocycles. The van der Waals surface area contributed by atoms with Gasteiger partial charge in [0.05, 0.1) is 12.0 Å². The van der Waals surface area contributed by atoms with Crippen molar-refractivity contribution in [2.45, 2.75) is 11.5 Å². The Kier molecular flexibility index (Phi) is 4.95. The van der Waals surface area contributed by atoms with Crippen LogP contribution < -0.4 is 0 Å². The number of thioether (sulfide) groups is 1. The number of hydrogen-bond acceptors (Lipinski definition) is 3. The number of benzene rings is 1. The largest absolute Gasteiger partial charge is 0.468 e. The van der Waals surface area contributed by atoms with Crippen LogP contribution in [0.25, 0.3) is 0 Å². The second-order valence-electron chi connectivity index (χ2n) is 3.73. The molecule has 0 aliphatic carbocycles. The van der Waals surface area contributed by atoms with E-state index in [1.165, 1.54) is 5.56 Å². The van der Waals surface area contributed by atoms with E-state index >= 15 is 0 Å². The van der Waals surface area contributed by atoms with Crippen LogP contribution in [-0.2, 0) is 11.5 Å². The Morgan fingerprint density at radius 2 is 2.11 bits per heavy atom. The first-order valence-electron chi connectivity index (χ1n) is 5.67. The highest BCUT2D eigenvalue weighted by Crippen LogP contribution is 2.18. The maximum Gasteiger partial charge on any atom is 0.113 e. The van der Waals surface area contributed by atoms with Crippen molar-refractivity contribution >= 4 is 11.8 Å². The smallest absolute Gasteiger partial charge is 0.113 e. The van der Waals surface area contributed by atoms with Crippen LogP contribution in [0.3, 0.4) is 0 Å². The summed E-state index contributed by atoms with van der Waals surface area (Å²) in [6, 6.07) is 12.0. The molecule has 0 aliphatic rings. The van der Waals surface area contributed by atoms with E-state index in [4.69, 9.17) is 9.52 Å². The monoisotopic (exact) mass is 258 g/mol. The summed E-state index contributed by atoms with van der Waals surface area (Å²) in [7, 11) is 0. The first-order chi connectivity index (χ1) is 8.88. The third-order valence-corrected chi connectivity index (χ3v) is 3.36. The highest BCUT2D eigenvalue weighted by molar-refractivity contribution is 7.97. The molecule has 0 spiro atoms. The van der Waals surface area contributed by atoms with Crippen molar-refractivity contribution in [2.75, 3.05) is 6.61 Å². The number of aliphatic hydroxyl groups is 1. The Morgan fingerprint density at radius 1 is 1.17 bits per heavy atom. The second-order valence-corrected chi connectivity index (χ2v) is 4.72. The Labute approximate surface area is 111 Å². The average Bonchev–Trinajstić information content (AvgIpc) is 2.90. The fraction of sp³-hybridized carbons (Fsp3) is 0.200. The molecular formula is C15H14O2S. The molecule has 0 saturated carbocycles. The summed E-state index contributed by atoms with van der Waals surface area (Å²) < 4.78 is 5.28. The predicted octanol–water partition coefficient (Wildman–Crippen LogP) is 3.06. The minimum absolute atomic E-state index is 0.0997. The minimum Gasteiger partial charge on any atom is -0.468 e. The SMILES string of the molecule is OCC#Cc1cccc(CSCc2ccco2)c1. The zero-order valence-electron chi connectivity index (χ0n) is 9.93. The lowest BCUT2D eigenvalue weighted by Gasteiger charge is -2.01. The van der Waals surface area contributed by atoms with Gasteiger partial charge in [-0.05, 0) is 29.8 Å². The molecule has 18 heavy (non-hydrogen) atoms. The molecule has 1 aromatic heterocycles. The van der Waals surface area contributed by atoms with Gasteiger partial charge in [-0.1, -0.05) is 24.0 Å². The summed E-state index contributed by atoms with van der Waals surface area (Å²) >= 11 is 1.81. The molecule has 2 rings (SSSR count). The number of aliphatic hydroxyl groups excluding tert-OH is 1. The van der Waals surface area contributed by atoms with Gasteiger partial charge in [0, 0.05) is 11.3 Å². The van der Waals surface area contributed by atoms with Crippen molar-refractivity contribution in [3.05, 3.63) is 59.5 Å². The molecule has 3 heteroatoms. The van der Waals surface area contributed by atoms with Gasteiger partial charge in [0.2, 0.25) is 0 Å². The van der Waals surface area contributed by atoms with E-state index < -0.39 is 0 Å². The van der Waals surface area contributed by atoms with Crippen molar-refractivity contribution in [1.29, 1.82) is 0 Å². The van der Waals surface area contributed by atoms with Gasteiger partial charge in [-0.2, -0.15) is 0 Å². The van der Waals surface area contributed by atoms with Gasteiger partial charge in [0.1, 0.15) is 12.4 Å². The molecule has 0 amide bonds. The van der Waals surface area contributed by atoms with Crippen LogP contribution in [0, 0.1) is 11.8 Å². The van der Waals surface area contributed by atoms with E-state index in [9.17, 15) is 0 Å². The molecule has 2 aromatic rings. The Balaban J connectivity index is 1.89. The first kappa shape index (κ1) is 12.8. The molecule has 1 N–H and O–H groups in total.